The third-order valence-corrected chi connectivity index (χ3v) is 3.87. The summed E-state index contributed by atoms with van der Waals surface area (Å²) in [5.41, 5.74) is 2.19. The number of aromatic amines is 1. The fourth-order valence-electron chi connectivity index (χ4n) is 2.86. The number of aryl methyl sites for hydroxylation is 1. The molecule has 4 rings (SSSR count). The summed E-state index contributed by atoms with van der Waals surface area (Å²) in [6.07, 6.45) is 3.95. The van der Waals surface area contributed by atoms with Crippen molar-refractivity contribution in [2.75, 3.05) is 11.4 Å². The Hall–Kier alpha value is -2.83. The van der Waals surface area contributed by atoms with Crippen molar-refractivity contribution in [1.82, 2.24) is 24.9 Å². The first kappa shape index (κ1) is 12.9. The lowest BCUT2D eigenvalue weighted by molar-refractivity contribution is 0.685. The number of hydrogen-bond donors (Lipinski definition) is 1. The van der Waals surface area contributed by atoms with Gasteiger partial charge in [-0.25, -0.2) is 19.9 Å². The Labute approximate surface area is 126 Å². The molecule has 0 saturated carbocycles. The first-order valence-corrected chi connectivity index (χ1v) is 7.12. The molecule has 0 amide bonds. The van der Waals surface area contributed by atoms with E-state index >= 15 is 0 Å². The minimum atomic E-state index is -0.0660. The lowest BCUT2D eigenvalue weighted by Gasteiger charge is -2.29. The molecule has 110 valence electrons. The zero-order chi connectivity index (χ0) is 15.1. The topological polar surface area (TPSA) is 87.7 Å². The van der Waals surface area contributed by atoms with Crippen LogP contribution in [0.15, 0.2) is 29.5 Å². The largest absolute Gasteiger partial charge is 0.351 e. The summed E-state index contributed by atoms with van der Waals surface area (Å²) in [4.78, 5) is 34.3. The molecule has 7 nitrogen and oxygen atoms in total. The van der Waals surface area contributed by atoms with Crippen molar-refractivity contribution in [3.63, 3.8) is 0 Å². The number of fused-ring (bicyclic) bond motifs is 2. The molecule has 0 spiro atoms. The summed E-state index contributed by atoms with van der Waals surface area (Å²) in [6.45, 7) is 3.07. The average Bonchev–Trinajstić information content (AvgIpc) is 2.54. The Morgan fingerprint density at radius 2 is 2.18 bits per heavy atom. The van der Waals surface area contributed by atoms with Gasteiger partial charge in [0.1, 0.15) is 18.0 Å². The predicted octanol–water partition coefficient (Wildman–Crippen LogP) is 0.979. The van der Waals surface area contributed by atoms with Crippen LogP contribution in [-0.4, -0.2) is 31.5 Å². The van der Waals surface area contributed by atoms with E-state index in [-0.39, 0.29) is 5.56 Å². The van der Waals surface area contributed by atoms with Crippen LogP contribution in [0.2, 0.25) is 0 Å². The molecule has 1 aliphatic heterocycles. The molecule has 0 radical (unpaired) electrons. The van der Waals surface area contributed by atoms with Crippen LogP contribution in [0, 0.1) is 6.92 Å². The summed E-state index contributed by atoms with van der Waals surface area (Å²) in [5, 5.41) is 0.893. The van der Waals surface area contributed by atoms with Crippen LogP contribution in [0.1, 0.15) is 17.1 Å². The van der Waals surface area contributed by atoms with Crippen molar-refractivity contribution in [2.24, 2.45) is 0 Å². The molecule has 0 aliphatic carbocycles. The fraction of sp³-hybridized carbons (Fsp3) is 0.267. The number of H-pyrrole nitrogens is 1. The zero-order valence-corrected chi connectivity index (χ0v) is 12.1. The molecule has 3 aromatic rings. The molecule has 1 N–H and O–H groups in total. The number of rotatable bonds is 1. The summed E-state index contributed by atoms with van der Waals surface area (Å²) in [5.74, 6) is 1.47. The summed E-state index contributed by atoms with van der Waals surface area (Å²) in [7, 11) is 0. The van der Waals surface area contributed by atoms with Gasteiger partial charge in [0.25, 0.3) is 5.56 Å². The third-order valence-electron chi connectivity index (χ3n) is 3.87. The molecule has 0 fully saturated rings. The maximum Gasteiger partial charge on any atom is 0.256 e. The number of nitrogens with one attached hydrogen (secondary N) is 1. The van der Waals surface area contributed by atoms with Crippen LogP contribution in [-0.2, 0) is 13.0 Å². The molecule has 0 atom stereocenters. The monoisotopic (exact) mass is 294 g/mol. The van der Waals surface area contributed by atoms with Gasteiger partial charge in [0.05, 0.1) is 23.2 Å². The summed E-state index contributed by atoms with van der Waals surface area (Å²) in [6, 6.07) is 3.82. The highest BCUT2D eigenvalue weighted by Crippen LogP contribution is 2.25. The predicted molar refractivity (Wildman–Crippen MR) is 81.7 cm³/mol. The number of anilines is 1. The van der Waals surface area contributed by atoms with Crippen LogP contribution >= 0.6 is 0 Å². The highest BCUT2D eigenvalue weighted by atomic mass is 16.1. The highest BCUT2D eigenvalue weighted by Gasteiger charge is 2.23. The minimum absolute atomic E-state index is 0.0660. The number of aromatic nitrogens is 5. The van der Waals surface area contributed by atoms with E-state index < -0.39 is 0 Å². The van der Waals surface area contributed by atoms with Gasteiger partial charge in [-0.1, -0.05) is 0 Å². The Kier molecular flexibility index (Phi) is 2.85. The molecule has 22 heavy (non-hydrogen) atoms. The summed E-state index contributed by atoms with van der Waals surface area (Å²) >= 11 is 0. The third kappa shape index (κ3) is 2.02. The smallest absolute Gasteiger partial charge is 0.256 e. The van der Waals surface area contributed by atoms with Crippen LogP contribution in [0.25, 0.3) is 11.0 Å². The summed E-state index contributed by atoms with van der Waals surface area (Å²) < 4.78 is 0. The van der Waals surface area contributed by atoms with Crippen molar-refractivity contribution >= 4 is 16.9 Å². The van der Waals surface area contributed by atoms with Crippen molar-refractivity contribution in [3.8, 4) is 0 Å². The number of pyridine rings is 1. The van der Waals surface area contributed by atoms with Gasteiger partial charge in [-0.15, -0.1) is 0 Å². The van der Waals surface area contributed by atoms with Gasteiger partial charge in [0.2, 0.25) is 0 Å². The second-order valence-corrected chi connectivity index (χ2v) is 5.32. The van der Waals surface area contributed by atoms with Crippen LogP contribution in [0.3, 0.4) is 0 Å². The lowest BCUT2D eigenvalue weighted by Crippen LogP contribution is -2.36. The van der Waals surface area contributed by atoms with Crippen molar-refractivity contribution in [3.05, 3.63) is 52.1 Å². The lowest BCUT2D eigenvalue weighted by atomic mass is 10.1. The van der Waals surface area contributed by atoms with Crippen LogP contribution < -0.4 is 10.5 Å². The normalized spacial score (nSPS) is 14.1. The van der Waals surface area contributed by atoms with Crippen molar-refractivity contribution in [2.45, 2.75) is 19.9 Å². The number of nitrogens with zero attached hydrogens (tertiary/aromatic N) is 5. The Bertz CT molecular complexity index is 914. The molecule has 0 aromatic carbocycles. The number of hydrogen-bond acceptors (Lipinski definition) is 6. The van der Waals surface area contributed by atoms with E-state index in [1.165, 1.54) is 6.33 Å². The molecular formula is C15H14N6O. The van der Waals surface area contributed by atoms with Gasteiger partial charge in [0.15, 0.2) is 5.65 Å². The van der Waals surface area contributed by atoms with Crippen molar-refractivity contribution < 1.29 is 0 Å². The van der Waals surface area contributed by atoms with Gasteiger partial charge in [0, 0.05) is 19.2 Å². The van der Waals surface area contributed by atoms with Crippen LogP contribution in [0.4, 0.5) is 5.82 Å². The van der Waals surface area contributed by atoms with E-state index in [4.69, 9.17) is 0 Å². The maximum atomic E-state index is 12.2. The quantitative estimate of drug-likeness (QED) is 0.720. The van der Waals surface area contributed by atoms with E-state index in [9.17, 15) is 4.79 Å². The van der Waals surface area contributed by atoms with E-state index in [1.54, 1.807) is 13.1 Å². The molecule has 4 heterocycles. The van der Waals surface area contributed by atoms with Gasteiger partial charge in [-0.2, -0.15) is 0 Å². The molecular weight excluding hydrogens is 280 g/mol. The van der Waals surface area contributed by atoms with E-state index in [2.05, 4.69) is 29.8 Å². The Morgan fingerprint density at radius 3 is 3.09 bits per heavy atom. The first-order valence-electron chi connectivity index (χ1n) is 7.12. The van der Waals surface area contributed by atoms with Gasteiger partial charge >= 0.3 is 0 Å². The molecule has 0 unspecified atom stereocenters. The second kappa shape index (κ2) is 4.87. The molecule has 0 bridgehead atoms. The SMILES string of the molecule is Cc1nc2c(c(=O)[nH]1)CN(c1ncnc3ncccc13)CC2. The maximum absolute atomic E-state index is 12.2. The standard InChI is InChI=1S/C15H14N6O/c1-9-19-12-4-6-21(7-11(12)15(22)20-9)14-10-3-2-5-16-13(10)17-8-18-14/h2-3,5,8H,4,6-7H2,1H3,(H,19,20,22). The van der Waals surface area contributed by atoms with E-state index in [0.29, 0.717) is 23.6 Å². The fourth-order valence-corrected chi connectivity index (χ4v) is 2.86. The average molecular weight is 294 g/mol. The molecule has 0 saturated heterocycles. The van der Waals surface area contributed by atoms with E-state index in [1.807, 2.05) is 12.1 Å². The van der Waals surface area contributed by atoms with Gasteiger partial charge in [-0.05, 0) is 19.1 Å². The molecule has 7 heteroatoms. The van der Waals surface area contributed by atoms with Gasteiger partial charge < -0.3 is 9.88 Å². The van der Waals surface area contributed by atoms with E-state index in [0.717, 1.165) is 29.9 Å². The van der Waals surface area contributed by atoms with Gasteiger partial charge in [-0.3, -0.25) is 4.79 Å². The Balaban J connectivity index is 1.80. The second-order valence-electron chi connectivity index (χ2n) is 5.32. The first-order chi connectivity index (χ1) is 10.7. The molecule has 1 aliphatic rings. The van der Waals surface area contributed by atoms with Crippen molar-refractivity contribution in [1.29, 1.82) is 0 Å². The Morgan fingerprint density at radius 1 is 1.27 bits per heavy atom. The highest BCUT2D eigenvalue weighted by molar-refractivity contribution is 5.86. The molecule has 3 aromatic heterocycles. The van der Waals surface area contributed by atoms with Crippen LogP contribution in [0.5, 0.6) is 0 Å². The zero-order valence-electron chi connectivity index (χ0n) is 12.1. The minimum Gasteiger partial charge on any atom is -0.351 e.